The molecule has 2 aromatic carbocycles. The van der Waals surface area contributed by atoms with Gasteiger partial charge in [-0.2, -0.15) is 0 Å². The van der Waals surface area contributed by atoms with Crippen molar-refractivity contribution in [2.24, 2.45) is 5.92 Å². The Kier molecular flexibility index (Phi) is 8.02. The summed E-state index contributed by atoms with van der Waals surface area (Å²) in [4.78, 5) is 37.6. The van der Waals surface area contributed by atoms with Crippen LogP contribution in [0.25, 0.3) is 0 Å². The van der Waals surface area contributed by atoms with Gasteiger partial charge in [-0.25, -0.2) is 0 Å². The van der Waals surface area contributed by atoms with Crippen LogP contribution < -0.4 is 16.0 Å². The fourth-order valence-electron chi connectivity index (χ4n) is 3.39. The van der Waals surface area contributed by atoms with Crippen LogP contribution in [0.1, 0.15) is 52.3 Å². The number of nitrogens with one attached hydrogen (secondary N) is 3. The largest absolute Gasteiger partial charge is 0.459 e. The minimum atomic E-state index is -0.635. The number of hydrogen-bond donors (Lipinski definition) is 3. The molecule has 1 unspecified atom stereocenters. The van der Waals surface area contributed by atoms with Crippen molar-refractivity contribution < 1.29 is 18.8 Å². The van der Waals surface area contributed by atoms with E-state index < -0.39 is 6.04 Å². The Hall–Kier alpha value is -3.87. The van der Waals surface area contributed by atoms with Crippen molar-refractivity contribution in [3.8, 4) is 0 Å². The maximum Gasteiger partial charge on any atom is 0.291 e. The molecule has 0 saturated carbocycles. The van der Waals surface area contributed by atoms with Gasteiger partial charge < -0.3 is 20.4 Å². The van der Waals surface area contributed by atoms with Gasteiger partial charge in [0.25, 0.3) is 11.8 Å². The topological polar surface area (TPSA) is 100 Å². The number of amides is 3. The summed E-state index contributed by atoms with van der Waals surface area (Å²) in [5.74, 6) is -0.362. The molecule has 7 nitrogen and oxygen atoms in total. The molecule has 33 heavy (non-hydrogen) atoms. The van der Waals surface area contributed by atoms with Gasteiger partial charge in [0.1, 0.15) is 6.04 Å². The molecule has 1 aromatic heterocycles. The predicted molar refractivity (Wildman–Crippen MR) is 127 cm³/mol. The second-order valence-corrected chi connectivity index (χ2v) is 8.32. The Bertz CT molecular complexity index is 1090. The Morgan fingerprint density at radius 1 is 0.909 bits per heavy atom. The normalized spacial score (nSPS) is 11.6. The van der Waals surface area contributed by atoms with Gasteiger partial charge in [-0.05, 0) is 60.7 Å². The van der Waals surface area contributed by atoms with Gasteiger partial charge in [-0.1, -0.05) is 44.2 Å². The van der Waals surface area contributed by atoms with E-state index in [2.05, 4.69) is 16.0 Å². The molecule has 3 amide bonds. The Labute approximate surface area is 193 Å². The minimum Gasteiger partial charge on any atom is -0.459 e. The zero-order chi connectivity index (χ0) is 23.8. The molecular weight excluding hydrogens is 418 g/mol. The van der Waals surface area contributed by atoms with E-state index in [-0.39, 0.29) is 29.4 Å². The number of hydrogen-bond acceptors (Lipinski definition) is 4. The van der Waals surface area contributed by atoms with Gasteiger partial charge in [0, 0.05) is 17.8 Å². The first kappa shape index (κ1) is 23.8. The zero-order valence-electron chi connectivity index (χ0n) is 19.1. The lowest BCUT2D eigenvalue weighted by Gasteiger charge is -2.21. The summed E-state index contributed by atoms with van der Waals surface area (Å²) < 4.78 is 5.08. The molecule has 0 aliphatic carbocycles. The molecule has 1 atom stereocenters. The van der Waals surface area contributed by atoms with Gasteiger partial charge in [-0.15, -0.1) is 0 Å². The van der Waals surface area contributed by atoms with E-state index in [1.54, 1.807) is 36.4 Å². The molecule has 1 heterocycles. The third kappa shape index (κ3) is 6.80. The molecule has 0 aliphatic heterocycles. The lowest BCUT2D eigenvalue weighted by molar-refractivity contribution is -0.123. The van der Waals surface area contributed by atoms with E-state index in [1.807, 2.05) is 45.0 Å². The SMILES string of the molecule is Cc1ccccc1C(=O)NC(CC(C)C)C(=O)NCc1ccc(NC(=O)c2ccco2)cc1. The molecule has 7 heteroatoms. The highest BCUT2D eigenvalue weighted by molar-refractivity contribution is 6.02. The van der Waals surface area contributed by atoms with Crippen LogP contribution in [0.15, 0.2) is 71.3 Å². The van der Waals surface area contributed by atoms with E-state index >= 15 is 0 Å². The van der Waals surface area contributed by atoms with Crippen LogP contribution >= 0.6 is 0 Å². The van der Waals surface area contributed by atoms with Crippen LogP contribution in [-0.4, -0.2) is 23.8 Å². The smallest absolute Gasteiger partial charge is 0.291 e. The Morgan fingerprint density at radius 3 is 2.27 bits per heavy atom. The summed E-state index contributed by atoms with van der Waals surface area (Å²) in [6.07, 6.45) is 1.97. The number of rotatable bonds is 9. The van der Waals surface area contributed by atoms with Crippen molar-refractivity contribution in [3.63, 3.8) is 0 Å². The third-order valence-corrected chi connectivity index (χ3v) is 5.14. The number of anilines is 1. The van der Waals surface area contributed by atoms with Crippen LogP contribution in [0.5, 0.6) is 0 Å². The lowest BCUT2D eigenvalue weighted by Crippen LogP contribution is -2.47. The fourth-order valence-corrected chi connectivity index (χ4v) is 3.39. The quantitative estimate of drug-likeness (QED) is 0.455. The van der Waals surface area contributed by atoms with E-state index in [4.69, 9.17) is 4.42 Å². The molecule has 0 fully saturated rings. The van der Waals surface area contributed by atoms with Crippen molar-refractivity contribution >= 4 is 23.4 Å². The summed E-state index contributed by atoms with van der Waals surface area (Å²) in [6.45, 7) is 6.19. The first-order valence-electron chi connectivity index (χ1n) is 10.9. The van der Waals surface area contributed by atoms with Crippen molar-refractivity contribution in [1.82, 2.24) is 10.6 Å². The summed E-state index contributed by atoms with van der Waals surface area (Å²) >= 11 is 0. The van der Waals surface area contributed by atoms with Gasteiger partial charge >= 0.3 is 0 Å². The lowest BCUT2D eigenvalue weighted by atomic mass is 10.0. The van der Waals surface area contributed by atoms with Crippen LogP contribution in [0.2, 0.25) is 0 Å². The summed E-state index contributed by atoms with van der Waals surface area (Å²) in [5, 5.41) is 8.53. The standard InChI is InChI=1S/C26H29N3O4/c1-17(2)15-22(29-24(30)21-8-5-4-7-18(21)3)25(31)27-16-19-10-12-20(13-11-19)28-26(32)23-9-6-14-33-23/h4-14,17,22H,15-16H2,1-3H3,(H,27,31)(H,28,32)(H,29,30). The number of benzene rings is 2. The second kappa shape index (κ2) is 11.1. The molecule has 0 radical (unpaired) electrons. The summed E-state index contributed by atoms with van der Waals surface area (Å²) in [5.41, 5.74) is 2.91. The third-order valence-electron chi connectivity index (χ3n) is 5.14. The minimum absolute atomic E-state index is 0.231. The predicted octanol–water partition coefficient (Wildman–Crippen LogP) is 4.30. The first-order chi connectivity index (χ1) is 15.8. The van der Waals surface area contributed by atoms with Crippen molar-refractivity contribution in [1.29, 1.82) is 0 Å². The highest BCUT2D eigenvalue weighted by atomic mass is 16.3. The maximum atomic E-state index is 12.9. The number of carbonyl (C=O) groups is 3. The van der Waals surface area contributed by atoms with Gasteiger partial charge in [0.2, 0.25) is 5.91 Å². The van der Waals surface area contributed by atoms with Gasteiger partial charge in [-0.3, -0.25) is 14.4 Å². The van der Waals surface area contributed by atoms with E-state index in [9.17, 15) is 14.4 Å². The van der Waals surface area contributed by atoms with Gasteiger partial charge in [0.15, 0.2) is 5.76 Å². The second-order valence-electron chi connectivity index (χ2n) is 8.32. The molecule has 3 rings (SSSR count). The molecule has 0 spiro atoms. The van der Waals surface area contributed by atoms with Crippen LogP contribution in [0.4, 0.5) is 5.69 Å². The van der Waals surface area contributed by atoms with E-state index in [0.717, 1.165) is 11.1 Å². The number of carbonyl (C=O) groups excluding carboxylic acids is 3. The monoisotopic (exact) mass is 447 g/mol. The van der Waals surface area contributed by atoms with E-state index in [0.29, 0.717) is 24.2 Å². The zero-order valence-corrected chi connectivity index (χ0v) is 19.1. The summed E-state index contributed by atoms with van der Waals surface area (Å²) in [6, 6.07) is 17.1. The van der Waals surface area contributed by atoms with Crippen molar-refractivity contribution in [3.05, 3.63) is 89.4 Å². The molecule has 3 N–H and O–H groups in total. The molecule has 0 saturated heterocycles. The van der Waals surface area contributed by atoms with E-state index in [1.165, 1.54) is 6.26 Å². The Balaban J connectivity index is 1.57. The highest BCUT2D eigenvalue weighted by Gasteiger charge is 2.23. The number of furan rings is 1. The fraction of sp³-hybridized carbons (Fsp3) is 0.269. The van der Waals surface area contributed by atoms with Gasteiger partial charge in [0.05, 0.1) is 6.26 Å². The van der Waals surface area contributed by atoms with Crippen molar-refractivity contribution in [2.75, 3.05) is 5.32 Å². The van der Waals surface area contributed by atoms with Crippen LogP contribution in [0.3, 0.4) is 0 Å². The molecule has 0 bridgehead atoms. The molecule has 0 aliphatic rings. The molecule has 172 valence electrons. The number of aryl methyl sites for hydroxylation is 1. The van der Waals surface area contributed by atoms with Crippen molar-refractivity contribution in [2.45, 2.75) is 39.8 Å². The van der Waals surface area contributed by atoms with Crippen LogP contribution in [0, 0.1) is 12.8 Å². The molecular formula is C26H29N3O4. The average molecular weight is 448 g/mol. The Morgan fingerprint density at radius 2 is 1.64 bits per heavy atom. The van der Waals surface area contributed by atoms with Crippen LogP contribution in [-0.2, 0) is 11.3 Å². The first-order valence-corrected chi connectivity index (χ1v) is 10.9. The maximum absolute atomic E-state index is 12.9. The summed E-state index contributed by atoms with van der Waals surface area (Å²) in [7, 11) is 0. The average Bonchev–Trinajstić information content (AvgIpc) is 3.33. The highest BCUT2D eigenvalue weighted by Crippen LogP contribution is 2.13. The molecule has 3 aromatic rings.